The van der Waals surface area contributed by atoms with Gasteiger partial charge in [0.15, 0.2) is 0 Å². The summed E-state index contributed by atoms with van der Waals surface area (Å²) in [5.41, 5.74) is 2.52. The van der Waals surface area contributed by atoms with E-state index in [0.717, 1.165) is 11.1 Å². The Kier molecular flexibility index (Phi) is 5.41. The lowest BCUT2D eigenvalue weighted by Crippen LogP contribution is -2.33. The molecule has 122 valence electrons. The minimum atomic E-state index is -3.79. The number of anilines is 1. The Labute approximate surface area is 140 Å². The Morgan fingerprint density at radius 3 is 2.30 bits per heavy atom. The zero-order valence-electron chi connectivity index (χ0n) is 12.8. The minimum absolute atomic E-state index is 0.0184. The predicted octanol–water partition coefficient (Wildman–Crippen LogP) is 2.87. The number of hydrogen-bond donors (Lipinski definition) is 2. The van der Waals surface area contributed by atoms with Gasteiger partial charge in [-0.05, 0) is 43.2 Å². The van der Waals surface area contributed by atoms with Crippen LogP contribution < -0.4 is 10.0 Å². The lowest BCUT2D eigenvalue weighted by Gasteiger charge is -2.12. The number of amides is 1. The molecule has 0 aliphatic carbocycles. The maximum Gasteiger partial charge on any atom is 0.241 e. The van der Waals surface area contributed by atoms with Gasteiger partial charge >= 0.3 is 0 Å². The zero-order chi connectivity index (χ0) is 17.0. The van der Waals surface area contributed by atoms with Gasteiger partial charge in [-0.1, -0.05) is 35.9 Å². The monoisotopic (exact) mass is 352 g/mol. The number of halogens is 1. The van der Waals surface area contributed by atoms with Crippen molar-refractivity contribution >= 4 is 33.2 Å². The molecule has 0 heterocycles. The number of aryl methyl sites for hydroxylation is 2. The van der Waals surface area contributed by atoms with Gasteiger partial charge in [-0.3, -0.25) is 4.79 Å². The summed E-state index contributed by atoms with van der Waals surface area (Å²) in [6, 6.07) is 11.5. The second-order valence-corrected chi connectivity index (χ2v) is 7.30. The standard InChI is InChI=1S/C16H17ClN2O3S/c1-11-5-3-6-12(2)16(11)19-15(20)10-18-23(21,22)14-8-4-7-13(17)9-14/h3-9,18H,10H2,1-2H3,(H,19,20). The molecule has 2 rings (SSSR count). The summed E-state index contributed by atoms with van der Waals surface area (Å²) in [6.07, 6.45) is 0. The molecule has 2 aromatic carbocycles. The van der Waals surface area contributed by atoms with Gasteiger partial charge in [0, 0.05) is 10.7 Å². The van der Waals surface area contributed by atoms with Crippen LogP contribution in [0.3, 0.4) is 0 Å². The van der Waals surface area contributed by atoms with Crippen molar-refractivity contribution in [1.29, 1.82) is 0 Å². The molecule has 2 N–H and O–H groups in total. The summed E-state index contributed by atoms with van der Waals surface area (Å²) in [4.78, 5) is 12.0. The molecule has 0 aliphatic heterocycles. The molecule has 0 saturated carbocycles. The fourth-order valence-electron chi connectivity index (χ4n) is 2.07. The van der Waals surface area contributed by atoms with Crippen molar-refractivity contribution in [3.8, 4) is 0 Å². The Balaban J connectivity index is 2.04. The van der Waals surface area contributed by atoms with E-state index in [1.54, 1.807) is 6.07 Å². The lowest BCUT2D eigenvalue weighted by molar-refractivity contribution is -0.115. The van der Waals surface area contributed by atoms with Gasteiger partial charge < -0.3 is 5.32 Å². The van der Waals surface area contributed by atoms with Crippen LogP contribution >= 0.6 is 11.6 Å². The van der Waals surface area contributed by atoms with Gasteiger partial charge in [0.1, 0.15) is 0 Å². The average molecular weight is 353 g/mol. The van der Waals surface area contributed by atoms with Gasteiger partial charge in [0.2, 0.25) is 15.9 Å². The number of hydrogen-bond acceptors (Lipinski definition) is 3. The van der Waals surface area contributed by atoms with E-state index < -0.39 is 15.9 Å². The van der Waals surface area contributed by atoms with Crippen molar-refractivity contribution in [2.75, 3.05) is 11.9 Å². The van der Waals surface area contributed by atoms with Gasteiger partial charge in [0.25, 0.3) is 0 Å². The molecule has 23 heavy (non-hydrogen) atoms. The van der Waals surface area contributed by atoms with E-state index in [1.165, 1.54) is 18.2 Å². The van der Waals surface area contributed by atoms with E-state index in [0.29, 0.717) is 10.7 Å². The molecule has 0 fully saturated rings. The first kappa shape index (κ1) is 17.5. The Morgan fingerprint density at radius 1 is 1.09 bits per heavy atom. The van der Waals surface area contributed by atoms with E-state index in [1.807, 2.05) is 32.0 Å². The summed E-state index contributed by atoms with van der Waals surface area (Å²) in [5, 5.41) is 3.03. The zero-order valence-corrected chi connectivity index (χ0v) is 14.3. The lowest BCUT2D eigenvalue weighted by atomic mass is 10.1. The summed E-state index contributed by atoms with van der Waals surface area (Å²) < 4.78 is 26.5. The second kappa shape index (κ2) is 7.12. The van der Waals surface area contributed by atoms with Crippen molar-refractivity contribution < 1.29 is 13.2 Å². The summed E-state index contributed by atoms with van der Waals surface area (Å²) in [5.74, 6) is -0.437. The van der Waals surface area contributed by atoms with Gasteiger partial charge in [0.05, 0.1) is 11.4 Å². The SMILES string of the molecule is Cc1cccc(C)c1NC(=O)CNS(=O)(=O)c1cccc(Cl)c1. The highest BCUT2D eigenvalue weighted by Crippen LogP contribution is 2.19. The third-order valence-corrected chi connectivity index (χ3v) is 4.91. The van der Waals surface area contributed by atoms with Crippen LogP contribution in [-0.2, 0) is 14.8 Å². The molecule has 0 spiro atoms. The molecular weight excluding hydrogens is 336 g/mol. The Bertz CT molecular complexity index is 815. The van der Waals surface area contributed by atoms with Crippen LogP contribution in [0.5, 0.6) is 0 Å². The number of para-hydroxylation sites is 1. The molecule has 0 aromatic heterocycles. The maximum atomic E-state index is 12.1. The molecule has 0 radical (unpaired) electrons. The van der Waals surface area contributed by atoms with Gasteiger partial charge in [-0.2, -0.15) is 0 Å². The van der Waals surface area contributed by atoms with Gasteiger partial charge in [-0.15, -0.1) is 0 Å². The smallest absolute Gasteiger partial charge is 0.241 e. The van der Waals surface area contributed by atoms with E-state index >= 15 is 0 Å². The van der Waals surface area contributed by atoms with Crippen LogP contribution in [0.25, 0.3) is 0 Å². The number of carbonyl (C=O) groups is 1. The average Bonchev–Trinajstić information content (AvgIpc) is 2.49. The Hall–Kier alpha value is -1.89. The molecule has 0 bridgehead atoms. The number of benzene rings is 2. The number of nitrogens with one attached hydrogen (secondary N) is 2. The topological polar surface area (TPSA) is 75.3 Å². The van der Waals surface area contributed by atoms with E-state index in [4.69, 9.17) is 11.6 Å². The molecule has 5 nitrogen and oxygen atoms in total. The van der Waals surface area contributed by atoms with Crippen molar-refractivity contribution in [1.82, 2.24) is 4.72 Å². The number of rotatable bonds is 5. The highest BCUT2D eigenvalue weighted by Gasteiger charge is 2.16. The van der Waals surface area contributed by atoms with Crippen molar-refractivity contribution in [3.05, 3.63) is 58.6 Å². The van der Waals surface area contributed by atoms with Crippen LogP contribution in [-0.4, -0.2) is 20.9 Å². The quantitative estimate of drug-likeness (QED) is 0.868. The fourth-order valence-corrected chi connectivity index (χ4v) is 3.36. The van der Waals surface area contributed by atoms with Crippen molar-refractivity contribution in [3.63, 3.8) is 0 Å². The van der Waals surface area contributed by atoms with Crippen LogP contribution in [0.1, 0.15) is 11.1 Å². The highest BCUT2D eigenvalue weighted by molar-refractivity contribution is 7.89. The first-order valence-electron chi connectivity index (χ1n) is 6.91. The fraction of sp³-hybridized carbons (Fsp3) is 0.188. The highest BCUT2D eigenvalue weighted by atomic mass is 35.5. The molecule has 0 atom stereocenters. The van der Waals surface area contributed by atoms with Gasteiger partial charge in [-0.25, -0.2) is 13.1 Å². The van der Waals surface area contributed by atoms with Crippen LogP contribution in [0.4, 0.5) is 5.69 Å². The molecule has 1 amide bonds. The molecule has 0 aliphatic rings. The minimum Gasteiger partial charge on any atom is -0.324 e. The molecular formula is C16H17ClN2O3S. The van der Waals surface area contributed by atoms with E-state index in [2.05, 4.69) is 10.0 Å². The van der Waals surface area contributed by atoms with E-state index in [9.17, 15) is 13.2 Å². The third-order valence-electron chi connectivity index (χ3n) is 3.27. The summed E-state index contributed by atoms with van der Waals surface area (Å²) in [7, 11) is -3.79. The predicted molar refractivity (Wildman–Crippen MR) is 91.2 cm³/mol. The largest absolute Gasteiger partial charge is 0.324 e. The van der Waals surface area contributed by atoms with Crippen molar-refractivity contribution in [2.45, 2.75) is 18.7 Å². The Morgan fingerprint density at radius 2 is 1.70 bits per heavy atom. The summed E-state index contributed by atoms with van der Waals surface area (Å²) >= 11 is 5.78. The maximum absolute atomic E-state index is 12.1. The second-order valence-electron chi connectivity index (χ2n) is 5.10. The van der Waals surface area contributed by atoms with E-state index in [-0.39, 0.29) is 11.4 Å². The molecule has 0 unspecified atom stereocenters. The van der Waals surface area contributed by atoms with Crippen LogP contribution in [0, 0.1) is 13.8 Å². The number of carbonyl (C=O) groups excluding carboxylic acids is 1. The van der Waals surface area contributed by atoms with Crippen LogP contribution in [0.2, 0.25) is 5.02 Å². The summed E-state index contributed by atoms with van der Waals surface area (Å²) in [6.45, 7) is 3.39. The van der Waals surface area contributed by atoms with Crippen molar-refractivity contribution in [2.24, 2.45) is 0 Å². The molecule has 7 heteroatoms. The molecule has 2 aromatic rings. The third kappa shape index (κ3) is 4.54. The molecule has 0 saturated heterocycles. The first-order valence-corrected chi connectivity index (χ1v) is 8.77. The number of sulfonamides is 1. The first-order chi connectivity index (χ1) is 10.8. The normalized spacial score (nSPS) is 11.3. The van der Waals surface area contributed by atoms with Crippen LogP contribution in [0.15, 0.2) is 47.4 Å².